The third-order valence-electron chi connectivity index (χ3n) is 6.38. The van der Waals surface area contributed by atoms with Crippen LogP contribution < -0.4 is 0 Å². The van der Waals surface area contributed by atoms with Gasteiger partial charge in [-0.3, -0.25) is 0 Å². The molecule has 0 aliphatic carbocycles. The molecule has 1 fully saturated rings. The highest BCUT2D eigenvalue weighted by atomic mass is 15.1. The Hall–Kier alpha value is -1.60. The predicted molar refractivity (Wildman–Crippen MR) is 119 cm³/mol. The minimum absolute atomic E-state index is 0.899. The molecule has 1 aliphatic heterocycles. The molecule has 27 heavy (non-hydrogen) atoms. The Balaban J connectivity index is 1.66. The van der Waals surface area contributed by atoms with Crippen LogP contribution in [0.25, 0.3) is 11.1 Å². The van der Waals surface area contributed by atoms with E-state index in [-0.39, 0.29) is 0 Å². The van der Waals surface area contributed by atoms with E-state index >= 15 is 0 Å². The van der Waals surface area contributed by atoms with Crippen LogP contribution in [0.1, 0.15) is 61.8 Å². The van der Waals surface area contributed by atoms with Gasteiger partial charge in [0.25, 0.3) is 0 Å². The Morgan fingerprint density at radius 2 is 1.52 bits per heavy atom. The van der Waals surface area contributed by atoms with Gasteiger partial charge in [-0.05, 0) is 98.3 Å². The molecule has 0 amide bonds. The van der Waals surface area contributed by atoms with E-state index in [1.165, 1.54) is 91.5 Å². The SMILES string of the molecule is CCCc1cccc(-c2cccc(CCCCN3CCC(C)C3)c2C)c1C. The summed E-state index contributed by atoms with van der Waals surface area (Å²) >= 11 is 0. The molecule has 3 rings (SSSR count). The number of rotatable bonds is 8. The summed E-state index contributed by atoms with van der Waals surface area (Å²) in [6.07, 6.45) is 7.59. The zero-order valence-electron chi connectivity index (χ0n) is 17.9. The van der Waals surface area contributed by atoms with Gasteiger partial charge in [0.05, 0.1) is 0 Å². The van der Waals surface area contributed by atoms with Crippen LogP contribution in [0.3, 0.4) is 0 Å². The van der Waals surface area contributed by atoms with Crippen LogP contribution >= 0.6 is 0 Å². The molecule has 1 unspecified atom stereocenters. The van der Waals surface area contributed by atoms with Gasteiger partial charge in [0, 0.05) is 6.54 Å². The second-order valence-corrected chi connectivity index (χ2v) is 8.58. The lowest BCUT2D eigenvalue weighted by molar-refractivity contribution is 0.320. The first kappa shape index (κ1) is 20.1. The third-order valence-corrected chi connectivity index (χ3v) is 6.38. The topological polar surface area (TPSA) is 3.24 Å². The van der Waals surface area contributed by atoms with Crippen LogP contribution in [0.4, 0.5) is 0 Å². The molecule has 0 aromatic heterocycles. The Kier molecular flexibility index (Phi) is 7.13. The second kappa shape index (κ2) is 9.55. The van der Waals surface area contributed by atoms with E-state index in [4.69, 9.17) is 0 Å². The Bertz CT molecular complexity index is 746. The number of hydrogen-bond acceptors (Lipinski definition) is 1. The van der Waals surface area contributed by atoms with Crippen LogP contribution in [0, 0.1) is 19.8 Å². The molecule has 1 saturated heterocycles. The lowest BCUT2D eigenvalue weighted by Gasteiger charge is -2.17. The Morgan fingerprint density at radius 3 is 2.07 bits per heavy atom. The normalized spacial score (nSPS) is 17.6. The van der Waals surface area contributed by atoms with Crippen LogP contribution in [0.2, 0.25) is 0 Å². The van der Waals surface area contributed by atoms with Crippen molar-refractivity contribution in [3.8, 4) is 11.1 Å². The van der Waals surface area contributed by atoms with E-state index in [2.05, 4.69) is 69.0 Å². The molecular formula is C26H37N. The fourth-order valence-electron chi connectivity index (χ4n) is 4.64. The van der Waals surface area contributed by atoms with Crippen molar-refractivity contribution in [1.82, 2.24) is 4.90 Å². The van der Waals surface area contributed by atoms with Crippen molar-refractivity contribution in [3.63, 3.8) is 0 Å². The van der Waals surface area contributed by atoms with E-state index in [1.54, 1.807) is 0 Å². The number of hydrogen-bond donors (Lipinski definition) is 0. The van der Waals surface area contributed by atoms with Crippen molar-refractivity contribution >= 4 is 0 Å². The molecule has 1 nitrogen and oxygen atoms in total. The molecule has 146 valence electrons. The molecule has 1 atom stereocenters. The average molecular weight is 364 g/mol. The van der Waals surface area contributed by atoms with E-state index in [9.17, 15) is 0 Å². The molecule has 1 heterocycles. The number of likely N-dealkylation sites (tertiary alicyclic amines) is 1. The highest BCUT2D eigenvalue weighted by Gasteiger charge is 2.17. The fraction of sp³-hybridized carbons (Fsp3) is 0.538. The van der Waals surface area contributed by atoms with Crippen LogP contribution in [0.15, 0.2) is 36.4 Å². The summed E-state index contributed by atoms with van der Waals surface area (Å²) in [7, 11) is 0. The number of aryl methyl sites for hydroxylation is 2. The smallest absolute Gasteiger partial charge is 0.000750 e. The van der Waals surface area contributed by atoms with E-state index in [0.29, 0.717) is 0 Å². The summed E-state index contributed by atoms with van der Waals surface area (Å²) in [5.41, 5.74) is 8.82. The quantitative estimate of drug-likeness (QED) is 0.478. The van der Waals surface area contributed by atoms with Crippen LogP contribution in [-0.4, -0.2) is 24.5 Å². The van der Waals surface area contributed by atoms with Gasteiger partial charge >= 0.3 is 0 Å². The summed E-state index contributed by atoms with van der Waals surface area (Å²) in [5, 5.41) is 0. The summed E-state index contributed by atoms with van der Waals surface area (Å²) in [5.74, 6) is 0.899. The highest BCUT2D eigenvalue weighted by molar-refractivity contribution is 5.72. The van der Waals surface area contributed by atoms with Gasteiger partial charge in [-0.25, -0.2) is 0 Å². The first-order valence-corrected chi connectivity index (χ1v) is 11.0. The zero-order chi connectivity index (χ0) is 19.2. The molecule has 0 radical (unpaired) electrons. The Labute approximate surface area is 166 Å². The molecule has 2 aromatic rings. The lowest BCUT2D eigenvalue weighted by atomic mass is 9.89. The van der Waals surface area contributed by atoms with Crippen molar-refractivity contribution in [1.29, 1.82) is 0 Å². The minimum Gasteiger partial charge on any atom is -0.303 e. The number of unbranched alkanes of at least 4 members (excludes halogenated alkanes) is 1. The molecule has 0 N–H and O–H groups in total. The molecule has 0 bridgehead atoms. The van der Waals surface area contributed by atoms with E-state index < -0.39 is 0 Å². The van der Waals surface area contributed by atoms with Crippen molar-refractivity contribution in [3.05, 3.63) is 58.7 Å². The largest absolute Gasteiger partial charge is 0.303 e. The average Bonchev–Trinajstić information content (AvgIpc) is 3.07. The first-order valence-electron chi connectivity index (χ1n) is 11.0. The van der Waals surface area contributed by atoms with Gasteiger partial charge in [0.15, 0.2) is 0 Å². The van der Waals surface area contributed by atoms with E-state index in [0.717, 1.165) is 5.92 Å². The minimum atomic E-state index is 0.899. The summed E-state index contributed by atoms with van der Waals surface area (Å²) in [6.45, 7) is 13.2. The summed E-state index contributed by atoms with van der Waals surface area (Å²) < 4.78 is 0. The Morgan fingerprint density at radius 1 is 0.889 bits per heavy atom. The maximum atomic E-state index is 2.65. The molecular weight excluding hydrogens is 326 g/mol. The zero-order valence-corrected chi connectivity index (χ0v) is 17.9. The molecule has 1 heteroatoms. The summed E-state index contributed by atoms with van der Waals surface area (Å²) in [4.78, 5) is 2.65. The van der Waals surface area contributed by atoms with Crippen LogP contribution in [0.5, 0.6) is 0 Å². The third kappa shape index (κ3) is 5.02. The standard InChI is InChI=1S/C26H37N/c1-5-10-23-12-8-14-25(21(23)3)26-15-9-13-24(22(26)4)11-6-7-17-27-18-16-20(2)19-27/h8-9,12-15,20H,5-7,10-11,16-19H2,1-4H3. The molecule has 0 saturated carbocycles. The van der Waals surface area contributed by atoms with Crippen molar-refractivity contribution in [2.24, 2.45) is 5.92 Å². The van der Waals surface area contributed by atoms with Crippen molar-refractivity contribution in [2.45, 2.75) is 66.2 Å². The van der Waals surface area contributed by atoms with Gasteiger partial charge in [0.1, 0.15) is 0 Å². The second-order valence-electron chi connectivity index (χ2n) is 8.58. The monoisotopic (exact) mass is 363 g/mol. The number of benzene rings is 2. The molecule has 1 aliphatic rings. The highest BCUT2D eigenvalue weighted by Crippen LogP contribution is 2.31. The van der Waals surface area contributed by atoms with Crippen molar-refractivity contribution < 1.29 is 0 Å². The van der Waals surface area contributed by atoms with Crippen molar-refractivity contribution in [2.75, 3.05) is 19.6 Å². The van der Waals surface area contributed by atoms with Crippen LogP contribution in [-0.2, 0) is 12.8 Å². The maximum absolute atomic E-state index is 2.65. The van der Waals surface area contributed by atoms with Gasteiger partial charge in [-0.2, -0.15) is 0 Å². The van der Waals surface area contributed by atoms with Gasteiger partial charge in [0.2, 0.25) is 0 Å². The van der Waals surface area contributed by atoms with Gasteiger partial charge < -0.3 is 4.90 Å². The molecule has 0 spiro atoms. The lowest BCUT2D eigenvalue weighted by Crippen LogP contribution is -2.21. The van der Waals surface area contributed by atoms with Gasteiger partial charge in [-0.15, -0.1) is 0 Å². The fourth-order valence-corrected chi connectivity index (χ4v) is 4.64. The first-order chi connectivity index (χ1) is 13.1. The summed E-state index contributed by atoms with van der Waals surface area (Å²) in [6, 6.07) is 13.7. The predicted octanol–water partition coefficient (Wildman–Crippen LogP) is 6.59. The maximum Gasteiger partial charge on any atom is 0.000750 e. The van der Waals surface area contributed by atoms with Gasteiger partial charge in [-0.1, -0.05) is 56.7 Å². The van der Waals surface area contributed by atoms with E-state index in [1.807, 2.05) is 0 Å². The molecule has 2 aromatic carbocycles. The number of nitrogens with zero attached hydrogens (tertiary/aromatic N) is 1.